The Morgan fingerprint density at radius 2 is 2.22 bits per heavy atom. The van der Waals surface area contributed by atoms with Crippen molar-refractivity contribution in [3.8, 4) is 5.75 Å². The number of hydrazone groups is 1. The van der Waals surface area contributed by atoms with Gasteiger partial charge in [-0.2, -0.15) is 5.10 Å². The highest BCUT2D eigenvalue weighted by Gasteiger charge is 2.14. The second-order valence-electron chi connectivity index (χ2n) is 4.87. The maximum atomic E-state index is 11.0. The van der Waals surface area contributed by atoms with E-state index in [4.69, 9.17) is 4.74 Å². The van der Waals surface area contributed by atoms with Crippen molar-refractivity contribution in [1.29, 1.82) is 0 Å². The summed E-state index contributed by atoms with van der Waals surface area (Å²) in [6.07, 6.45) is 2.50. The molecule has 0 fully saturated rings. The first-order chi connectivity index (χ1) is 11.1. The summed E-state index contributed by atoms with van der Waals surface area (Å²) in [5.41, 5.74) is 4.00. The van der Waals surface area contributed by atoms with E-state index in [-0.39, 0.29) is 11.5 Å². The molecule has 0 saturated heterocycles. The Hall–Kier alpha value is -2.96. The third-order valence-electron chi connectivity index (χ3n) is 2.92. The highest BCUT2D eigenvalue weighted by atomic mass is 16.6. The van der Waals surface area contributed by atoms with Gasteiger partial charge in [0.05, 0.1) is 17.7 Å². The van der Waals surface area contributed by atoms with Gasteiger partial charge in [0.25, 0.3) is 0 Å². The fourth-order valence-corrected chi connectivity index (χ4v) is 1.85. The van der Waals surface area contributed by atoms with Crippen molar-refractivity contribution in [2.45, 2.75) is 20.3 Å². The van der Waals surface area contributed by atoms with Crippen LogP contribution >= 0.6 is 0 Å². The van der Waals surface area contributed by atoms with Crippen molar-refractivity contribution in [3.05, 3.63) is 57.8 Å². The molecule has 23 heavy (non-hydrogen) atoms. The smallest absolute Gasteiger partial charge is 0.313 e. The van der Waals surface area contributed by atoms with E-state index in [2.05, 4.69) is 15.5 Å². The summed E-state index contributed by atoms with van der Waals surface area (Å²) in [6, 6.07) is 10.4. The van der Waals surface area contributed by atoms with Gasteiger partial charge in [-0.1, -0.05) is 19.1 Å². The predicted octanol–water partition coefficient (Wildman–Crippen LogP) is 3.53. The largest absolute Gasteiger partial charge is 0.494 e. The topological polar surface area (TPSA) is 89.7 Å². The molecule has 0 amide bonds. The van der Waals surface area contributed by atoms with Crippen LogP contribution in [0.15, 0.2) is 41.5 Å². The lowest BCUT2D eigenvalue weighted by molar-refractivity contribution is -0.384. The average Bonchev–Trinajstić information content (AvgIpc) is 2.53. The van der Waals surface area contributed by atoms with Crippen LogP contribution in [0.5, 0.6) is 5.75 Å². The van der Waals surface area contributed by atoms with E-state index in [9.17, 15) is 10.1 Å². The Balaban J connectivity index is 2.10. The monoisotopic (exact) mass is 314 g/mol. The van der Waals surface area contributed by atoms with Crippen LogP contribution in [-0.4, -0.2) is 22.7 Å². The van der Waals surface area contributed by atoms with E-state index < -0.39 is 4.92 Å². The van der Waals surface area contributed by atoms with Crippen molar-refractivity contribution in [2.24, 2.45) is 5.10 Å². The number of aryl methyl sites for hydroxylation is 1. The molecule has 0 aliphatic carbocycles. The van der Waals surface area contributed by atoms with Crippen molar-refractivity contribution in [3.63, 3.8) is 0 Å². The molecule has 7 nitrogen and oxygen atoms in total. The summed E-state index contributed by atoms with van der Waals surface area (Å²) >= 11 is 0. The van der Waals surface area contributed by atoms with Crippen molar-refractivity contribution in [2.75, 3.05) is 12.0 Å². The van der Waals surface area contributed by atoms with Gasteiger partial charge in [0.1, 0.15) is 5.75 Å². The van der Waals surface area contributed by atoms with Crippen LogP contribution in [0.25, 0.3) is 0 Å². The van der Waals surface area contributed by atoms with Gasteiger partial charge in [-0.3, -0.25) is 15.5 Å². The molecule has 1 N–H and O–H groups in total. The summed E-state index contributed by atoms with van der Waals surface area (Å²) in [5, 5.41) is 15.0. The molecule has 0 unspecified atom stereocenters. The minimum atomic E-state index is -0.497. The molecular formula is C16H18N4O3. The summed E-state index contributed by atoms with van der Waals surface area (Å²) in [7, 11) is 0. The zero-order chi connectivity index (χ0) is 16.7. The quantitative estimate of drug-likeness (QED) is 0.479. The standard InChI is InChI=1S/C16H18N4O3/c1-3-9-23-14-6-4-5-13(10-14)11-17-19-16-15(20(21)22)8-7-12(2)18-16/h4-8,10-11H,3,9H2,1-2H3,(H,18,19)/b17-11-. The number of ether oxygens (including phenoxy) is 1. The molecule has 0 bridgehead atoms. The van der Waals surface area contributed by atoms with Crippen molar-refractivity contribution < 1.29 is 9.66 Å². The van der Waals surface area contributed by atoms with E-state index >= 15 is 0 Å². The predicted molar refractivity (Wildman–Crippen MR) is 89.1 cm³/mol. The number of pyridine rings is 1. The Labute approximate surface area is 134 Å². The highest BCUT2D eigenvalue weighted by molar-refractivity contribution is 5.81. The van der Waals surface area contributed by atoms with Crippen LogP contribution in [0.4, 0.5) is 11.5 Å². The Kier molecular flexibility index (Phi) is 5.62. The van der Waals surface area contributed by atoms with Gasteiger partial charge in [0, 0.05) is 11.8 Å². The molecule has 1 aromatic carbocycles. The number of rotatable bonds is 7. The second kappa shape index (κ2) is 7.88. The van der Waals surface area contributed by atoms with Crippen LogP contribution in [-0.2, 0) is 0 Å². The fraction of sp³-hybridized carbons (Fsp3) is 0.250. The first-order valence-corrected chi connectivity index (χ1v) is 7.24. The molecule has 120 valence electrons. The maximum absolute atomic E-state index is 11.0. The Morgan fingerprint density at radius 3 is 2.96 bits per heavy atom. The van der Waals surface area contributed by atoms with Crippen molar-refractivity contribution >= 4 is 17.7 Å². The van der Waals surface area contributed by atoms with Crippen LogP contribution in [0.3, 0.4) is 0 Å². The highest BCUT2D eigenvalue weighted by Crippen LogP contribution is 2.21. The normalized spacial score (nSPS) is 10.7. The van der Waals surface area contributed by atoms with Gasteiger partial charge in [-0.15, -0.1) is 0 Å². The summed E-state index contributed by atoms with van der Waals surface area (Å²) in [5.74, 6) is 0.875. The van der Waals surface area contributed by atoms with Gasteiger partial charge < -0.3 is 4.74 Å². The molecule has 0 spiro atoms. The lowest BCUT2D eigenvalue weighted by Crippen LogP contribution is -2.00. The van der Waals surface area contributed by atoms with Gasteiger partial charge >= 0.3 is 5.69 Å². The Bertz CT molecular complexity index is 716. The molecule has 0 radical (unpaired) electrons. The average molecular weight is 314 g/mol. The lowest BCUT2D eigenvalue weighted by atomic mass is 10.2. The number of hydrogen-bond acceptors (Lipinski definition) is 6. The first kappa shape index (κ1) is 16.4. The molecule has 0 saturated carbocycles. The summed E-state index contributed by atoms with van der Waals surface area (Å²) < 4.78 is 5.54. The zero-order valence-electron chi connectivity index (χ0n) is 13.0. The van der Waals surface area contributed by atoms with Crippen LogP contribution < -0.4 is 10.2 Å². The molecule has 1 aromatic heterocycles. The maximum Gasteiger partial charge on any atom is 0.313 e. The van der Waals surface area contributed by atoms with Crippen LogP contribution in [0.2, 0.25) is 0 Å². The third kappa shape index (κ3) is 4.77. The SMILES string of the molecule is CCCOc1cccc(/C=N\Nc2nc(C)ccc2[N+](=O)[O-])c1. The molecule has 7 heteroatoms. The zero-order valence-corrected chi connectivity index (χ0v) is 13.0. The van der Waals surface area contributed by atoms with Crippen molar-refractivity contribution in [1.82, 2.24) is 4.98 Å². The Morgan fingerprint density at radius 1 is 1.39 bits per heavy atom. The van der Waals surface area contributed by atoms with Crippen LogP contribution in [0, 0.1) is 17.0 Å². The number of benzene rings is 1. The number of nitrogens with one attached hydrogen (secondary N) is 1. The molecule has 0 atom stereocenters. The molecule has 2 aromatic rings. The minimum absolute atomic E-state index is 0.115. The van der Waals surface area contributed by atoms with E-state index in [1.807, 2.05) is 31.2 Å². The molecular weight excluding hydrogens is 296 g/mol. The number of anilines is 1. The summed E-state index contributed by atoms with van der Waals surface area (Å²) in [4.78, 5) is 14.6. The van der Waals surface area contributed by atoms with Crippen LogP contribution in [0.1, 0.15) is 24.6 Å². The third-order valence-corrected chi connectivity index (χ3v) is 2.92. The van der Waals surface area contributed by atoms with Gasteiger partial charge in [-0.25, -0.2) is 4.98 Å². The van der Waals surface area contributed by atoms with E-state index in [1.54, 1.807) is 19.2 Å². The number of hydrogen-bond donors (Lipinski definition) is 1. The summed E-state index contributed by atoms with van der Waals surface area (Å²) in [6.45, 7) is 4.45. The number of nitro groups is 1. The minimum Gasteiger partial charge on any atom is -0.494 e. The molecule has 0 aliphatic heterocycles. The molecule has 0 aliphatic rings. The van der Waals surface area contributed by atoms with E-state index in [1.165, 1.54) is 6.07 Å². The van der Waals surface area contributed by atoms with Gasteiger partial charge in [0.15, 0.2) is 0 Å². The van der Waals surface area contributed by atoms with E-state index in [0.717, 1.165) is 17.7 Å². The van der Waals surface area contributed by atoms with E-state index in [0.29, 0.717) is 12.3 Å². The fourth-order valence-electron chi connectivity index (χ4n) is 1.85. The first-order valence-electron chi connectivity index (χ1n) is 7.24. The second-order valence-corrected chi connectivity index (χ2v) is 4.87. The van der Waals surface area contributed by atoms with Gasteiger partial charge in [0.2, 0.25) is 5.82 Å². The lowest BCUT2D eigenvalue weighted by Gasteiger charge is -2.05. The molecule has 1 heterocycles. The number of aromatic nitrogens is 1. The number of nitrogens with zero attached hydrogens (tertiary/aromatic N) is 3. The molecule has 2 rings (SSSR count). The van der Waals surface area contributed by atoms with Gasteiger partial charge in [-0.05, 0) is 37.1 Å².